The number of amides is 1. The average molecular weight is 430 g/mol. The molecule has 8 nitrogen and oxygen atoms in total. The van der Waals surface area contributed by atoms with Gasteiger partial charge in [-0.3, -0.25) is 9.36 Å². The highest BCUT2D eigenvalue weighted by Crippen LogP contribution is 2.31. The van der Waals surface area contributed by atoms with Gasteiger partial charge >= 0.3 is 0 Å². The number of halogens is 1. The third-order valence-electron chi connectivity index (χ3n) is 4.78. The fourth-order valence-electron chi connectivity index (χ4n) is 3.34. The van der Waals surface area contributed by atoms with Gasteiger partial charge in [0.25, 0.3) is 5.91 Å². The van der Waals surface area contributed by atoms with E-state index in [0.717, 1.165) is 0 Å². The van der Waals surface area contributed by atoms with Gasteiger partial charge in [0.1, 0.15) is 17.0 Å². The van der Waals surface area contributed by atoms with Gasteiger partial charge in [-0.15, -0.1) is 0 Å². The van der Waals surface area contributed by atoms with Gasteiger partial charge in [-0.25, -0.2) is 17.8 Å². The molecule has 30 heavy (non-hydrogen) atoms. The van der Waals surface area contributed by atoms with Crippen molar-refractivity contribution >= 4 is 21.6 Å². The molecule has 4 rings (SSSR count). The molecule has 1 amide bonds. The summed E-state index contributed by atoms with van der Waals surface area (Å²) in [5.41, 5.74) is 1.16. The van der Waals surface area contributed by atoms with Crippen molar-refractivity contribution in [2.75, 3.05) is 25.6 Å². The number of benzene rings is 2. The minimum Gasteiger partial charge on any atom is -0.383 e. The third kappa shape index (κ3) is 3.60. The fraction of sp³-hybridized carbons (Fsp3) is 0.200. The molecule has 2 aromatic carbocycles. The minimum absolute atomic E-state index is 0.0632. The summed E-state index contributed by atoms with van der Waals surface area (Å²) in [6, 6.07) is 12.0. The van der Waals surface area contributed by atoms with E-state index in [9.17, 15) is 17.6 Å². The van der Waals surface area contributed by atoms with E-state index in [1.807, 2.05) is 0 Å². The van der Waals surface area contributed by atoms with Crippen molar-refractivity contribution in [3.63, 3.8) is 0 Å². The van der Waals surface area contributed by atoms with Crippen LogP contribution in [0.15, 0.2) is 59.8 Å². The Morgan fingerprint density at radius 2 is 2.03 bits per heavy atom. The summed E-state index contributed by atoms with van der Waals surface area (Å²) in [5, 5.41) is 2.61. The number of carbonyl (C=O) groups excluding carboxylic acids is 1. The first-order valence-corrected chi connectivity index (χ1v) is 10.6. The van der Waals surface area contributed by atoms with Crippen LogP contribution in [0.2, 0.25) is 0 Å². The van der Waals surface area contributed by atoms with Gasteiger partial charge in [0.15, 0.2) is 5.69 Å². The molecule has 3 aromatic rings. The average Bonchev–Trinajstić information content (AvgIpc) is 3.11. The molecule has 0 aliphatic carbocycles. The molecule has 1 aromatic heterocycles. The highest BCUT2D eigenvalue weighted by atomic mass is 32.2. The normalized spacial score (nSPS) is 15.1. The van der Waals surface area contributed by atoms with Crippen LogP contribution >= 0.6 is 0 Å². The molecule has 0 saturated heterocycles. The van der Waals surface area contributed by atoms with Gasteiger partial charge in [-0.2, -0.15) is 4.31 Å². The lowest BCUT2D eigenvalue weighted by Gasteiger charge is -2.20. The Labute approximate surface area is 173 Å². The highest BCUT2D eigenvalue weighted by molar-refractivity contribution is 7.89. The Bertz CT molecular complexity index is 1210. The summed E-state index contributed by atoms with van der Waals surface area (Å²) in [6.45, 7) is 0.246. The number of methoxy groups -OCH3 is 1. The molecule has 0 atom stereocenters. The Morgan fingerprint density at radius 3 is 2.80 bits per heavy atom. The van der Waals surface area contributed by atoms with E-state index in [1.165, 1.54) is 42.0 Å². The molecule has 0 saturated carbocycles. The zero-order valence-corrected chi connectivity index (χ0v) is 16.9. The van der Waals surface area contributed by atoms with Crippen molar-refractivity contribution in [1.82, 2.24) is 13.9 Å². The lowest BCUT2D eigenvalue weighted by molar-refractivity contribution is 0.102. The molecule has 1 aliphatic rings. The largest absolute Gasteiger partial charge is 0.383 e. The smallest absolute Gasteiger partial charge is 0.276 e. The van der Waals surface area contributed by atoms with Gasteiger partial charge in [0.2, 0.25) is 10.0 Å². The molecular weight excluding hydrogens is 411 g/mol. The van der Waals surface area contributed by atoms with Crippen molar-refractivity contribution in [1.29, 1.82) is 0 Å². The maximum absolute atomic E-state index is 13.5. The second kappa shape index (κ2) is 7.98. The third-order valence-corrected chi connectivity index (χ3v) is 6.67. The summed E-state index contributed by atoms with van der Waals surface area (Å²) < 4.78 is 47.8. The molecule has 1 aliphatic heterocycles. The molecule has 0 unspecified atom stereocenters. The molecule has 0 bridgehead atoms. The van der Waals surface area contributed by atoms with Crippen molar-refractivity contribution in [2.24, 2.45) is 0 Å². The van der Waals surface area contributed by atoms with Crippen LogP contribution in [0.4, 0.5) is 10.1 Å². The number of fused-ring (bicyclic) bond motifs is 3. The first-order chi connectivity index (χ1) is 14.4. The van der Waals surface area contributed by atoms with Crippen molar-refractivity contribution < 1.29 is 22.3 Å². The van der Waals surface area contributed by atoms with Crippen LogP contribution in [0, 0.1) is 5.82 Å². The van der Waals surface area contributed by atoms with Crippen LogP contribution in [0.3, 0.4) is 0 Å². The lowest BCUT2D eigenvalue weighted by atomic mass is 10.2. The summed E-state index contributed by atoms with van der Waals surface area (Å²) in [6.07, 6.45) is 1.42. The quantitative estimate of drug-likeness (QED) is 0.671. The minimum atomic E-state index is -3.81. The first kappa shape index (κ1) is 20.2. The second-order valence-electron chi connectivity index (χ2n) is 6.67. The zero-order chi connectivity index (χ0) is 21.3. The number of anilines is 1. The van der Waals surface area contributed by atoms with Crippen molar-refractivity contribution in [3.8, 4) is 5.69 Å². The number of sulfonamides is 1. The molecule has 2 heterocycles. The zero-order valence-electron chi connectivity index (χ0n) is 16.1. The summed E-state index contributed by atoms with van der Waals surface area (Å²) in [5.74, 6) is -1.04. The monoisotopic (exact) mass is 430 g/mol. The molecule has 156 valence electrons. The summed E-state index contributed by atoms with van der Waals surface area (Å²) in [7, 11) is -2.33. The van der Waals surface area contributed by atoms with Gasteiger partial charge in [-0.05, 0) is 30.3 Å². The van der Waals surface area contributed by atoms with Gasteiger partial charge in [0.05, 0.1) is 24.5 Å². The van der Waals surface area contributed by atoms with Crippen LogP contribution in [0.25, 0.3) is 5.69 Å². The van der Waals surface area contributed by atoms with Crippen LogP contribution in [0.5, 0.6) is 0 Å². The number of ether oxygens (including phenoxy) is 1. The van der Waals surface area contributed by atoms with E-state index in [0.29, 0.717) is 11.4 Å². The molecule has 0 fully saturated rings. The number of para-hydroxylation sites is 1. The maximum atomic E-state index is 13.5. The van der Waals surface area contributed by atoms with E-state index < -0.39 is 21.7 Å². The number of hydrogen-bond donors (Lipinski definition) is 1. The SMILES string of the molecule is COCCN1Cc2c(C(=O)Nc3cccc(F)c3)ncn2-c2ccccc2S1(=O)=O. The van der Waals surface area contributed by atoms with Gasteiger partial charge in [0, 0.05) is 19.3 Å². The summed E-state index contributed by atoms with van der Waals surface area (Å²) in [4.78, 5) is 17.2. The van der Waals surface area contributed by atoms with E-state index in [4.69, 9.17) is 4.74 Å². The molecule has 0 spiro atoms. The van der Waals surface area contributed by atoms with Crippen LogP contribution in [0.1, 0.15) is 16.2 Å². The van der Waals surface area contributed by atoms with Gasteiger partial charge in [-0.1, -0.05) is 18.2 Å². The number of imidazole rings is 1. The second-order valence-corrected chi connectivity index (χ2v) is 8.58. The fourth-order valence-corrected chi connectivity index (χ4v) is 4.90. The molecule has 10 heteroatoms. The first-order valence-electron chi connectivity index (χ1n) is 9.13. The summed E-state index contributed by atoms with van der Waals surface area (Å²) >= 11 is 0. The van der Waals surface area contributed by atoms with E-state index >= 15 is 0 Å². The van der Waals surface area contributed by atoms with Crippen LogP contribution < -0.4 is 5.32 Å². The number of aromatic nitrogens is 2. The van der Waals surface area contributed by atoms with E-state index in [1.54, 1.807) is 28.8 Å². The van der Waals surface area contributed by atoms with Gasteiger partial charge < -0.3 is 10.1 Å². The Hall–Kier alpha value is -3.08. The maximum Gasteiger partial charge on any atom is 0.276 e. The van der Waals surface area contributed by atoms with Crippen molar-refractivity contribution in [3.05, 3.63) is 72.1 Å². The molecule has 1 N–H and O–H groups in total. The molecule has 0 radical (unpaired) electrons. The number of carbonyl (C=O) groups is 1. The van der Waals surface area contributed by atoms with Crippen LogP contribution in [-0.4, -0.2) is 48.4 Å². The number of hydrogen-bond acceptors (Lipinski definition) is 5. The number of nitrogens with zero attached hydrogens (tertiary/aromatic N) is 3. The Kier molecular flexibility index (Phi) is 5.37. The number of rotatable bonds is 5. The topological polar surface area (TPSA) is 93.5 Å². The van der Waals surface area contributed by atoms with E-state index in [2.05, 4.69) is 10.3 Å². The Balaban J connectivity index is 1.78. The Morgan fingerprint density at radius 1 is 1.23 bits per heavy atom. The van der Waals surface area contributed by atoms with Crippen LogP contribution in [-0.2, 0) is 21.3 Å². The van der Waals surface area contributed by atoms with E-state index in [-0.39, 0.29) is 36.0 Å². The predicted molar refractivity (Wildman–Crippen MR) is 107 cm³/mol. The standard InChI is InChI=1S/C20H19FN4O4S/c1-29-10-9-24-12-17-19(20(26)23-15-6-4-5-14(21)11-15)22-13-25(17)16-7-2-3-8-18(16)30(24,27)28/h2-8,11,13H,9-10,12H2,1H3,(H,23,26). The van der Waals surface area contributed by atoms with Crippen molar-refractivity contribution in [2.45, 2.75) is 11.4 Å². The predicted octanol–water partition coefficient (Wildman–Crippen LogP) is 2.41. The molecular formula is C20H19FN4O4S. The highest BCUT2D eigenvalue weighted by Gasteiger charge is 2.34. The number of nitrogens with one attached hydrogen (secondary N) is 1. The lowest BCUT2D eigenvalue weighted by Crippen LogP contribution is -2.33.